The highest BCUT2D eigenvalue weighted by Gasteiger charge is 2.09. The van der Waals surface area contributed by atoms with Crippen LogP contribution >= 0.6 is 0 Å². The van der Waals surface area contributed by atoms with Crippen LogP contribution in [0, 0.1) is 13.8 Å². The Morgan fingerprint density at radius 1 is 1.07 bits per heavy atom. The van der Waals surface area contributed by atoms with Gasteiger partial charge in [-0.2, -0.15) is 5.10 Å². The number of carbonyl (C=O) groups is 1. The van der Waals surface area contributed by atoms with Crippen molar-refractivity contribution in [3.8, 4) is 5.82 Å². The maximum Gasteiger partial charge on any atom is 0.266 e. The van der Waals surface area contributed by atoms with Crippen molar-refractivity contribution in [1.82, 2.24) is 24.9 Å². The van der Waals surface area contributed by atoms with Gasteiger partial charge >= 0.3 is 0 Å². The number of amides is 1. The van der Waals surface area contributed by atoms with Gasteiger partial charge in [-0.25, -0.2) is 9.36 Å². The maximum atomic E-state index is 12.3. The van der Waals surface area contributed by atoms with Crippen LogP contribution in [-0.4, -0.2) is 46.1 Å². The fraction of sp³-hybridized carbons (Fsp3) is 0.300. The standard InChI is InChI=1S/C20H24N6O2/c1-14-13-15(2)26(22-14)18-9-10-19(27)25(23-18)12-11-21-20(28)16-5-7-17(8-6-16)24(3)4/h5-10,13H,11-12H2,1-4H3,(H,21,28). The summed E-state index contributed by atoms with van der Waals surface area (Å²) in [5.41, 5.74) is 3.18. The summed E-state index contributed by atoms with van der Waals surface area (Å²) < 4.78 is 3.03. The summed E-state index contributed by atoms with van der Waals surface area (Å²) in [5.74, 6) is 0.379. The van der Waals surface area contributed by atoms with Gasteiger partial charge in [-0.1, -0.05) is 0 Å². The number of hydrogen-bond donors (Lipinski definition) is 1. The van der Waals surface area contributed by atoms with E-state index in [2.05, 4.69) is 15.5 Å². The minimum absolute atomic E-state index is 0.187. The van der Waals surface area contributed by atoms with Crippen LogP contribution in [0.25, 0.3) is 5.82 Å². The van der Waals surface area contributed by atoms with Crippen LogP contribution in [0.2, 0.25) is 0 Å². The number of nitrogens with zero attached hydrogens (tertiary/aromatic N) is 5. The third kappa shape index (κ3) is 4.28. The van der Waals surface area contributed by atoms with Crippen molar-refractivity contribution in [2.45, 2.75) is 20.4 Å². The molecule has 3 aromatic rings. The molecule has 0 unspecified atom stereocenters. The van der Waals surface area contributed by atoms with E-state index in [0.717, 1.165) is 17.1 Å². The second-order valence-electron chi connectivity index (χ2n) is 6.79. The Balaban J connectivity index is 1.66. The highest BCUT2D eigenvalue weighted by molar-refractivity contribution is 5.94. The maximum absolute atomic E-state index is 12.3. The summed E-state index contributed by atoms with van der Waals surface area (Å²) >= 11 is 0. The molecule has 0 fully saturated rings. The predicted molar refractivity (Wildman–Crippen MR) is 108 cm³/mol. The lowest BCUT2D eigenvalue weighted by Gasteiger charge is -2.13. The number of aromatic nitrogens is 4. The summed E-state index contributed by atoms with van der Waals surface area (Å²) in [4.78, 5) is 26.4. The van der Waals surface area contributed by atoms with Crippen LogP contribution in [0.15, 0.2) is 47.3 Å². The SMILES string of the molecule is Cc1cc(C)n(-c2ccc(=O)n(CCNC(=O)c3ccc(N(C)C)cc3)n2)n1. The van der Waals surface area contributed by atoms with Gasteiger partial charge in [0.15, 0.2) is 5.82 Å². The lowest BCUT2D eigenvalue weighted by atomic mass is 10.2. The molecule has 2 heterocycles. The fourth-order valence-electron chi connectivity index (χ4n) is 2.86. The Morgan fingerprint density at radius 3 is 2.39 bits per heavy atom. The third-order valence-electron chi connectivity index (χ3n) is 4.33. The summed E-state index contributed by atoms with van der Waals surface area (Å²) in [6.07, 6.45) is 0. The molecule has 146 valence electrons. The van der Waals surface area contributed by atoms with Gasteiger partial charge in [0.05, 0.1) is 12.2 Å². The predicted octanol–water partition coefficient (Wildman–Crippen LogP) is 1.54. The first-order valence-corrected chi connectivity index (χ1v) is 9.02. The van der Waals surface area contributed by atoms with E-state index in [0.29, 0.717) is 17.9 Å². The number of hydrogen-bond acceptors (Lipinski definition) is 5. The van der Waals surface area contributed by atoms with Crippen molar-refractivity contribution in [1.29, 1.82) is 0 Å². The van der Waals surface area contributed by atoms with E-state index >= 15 is 0 Å². The van der Waals surface area contributed by atoms with E-state index < -0.39 is 0 Å². The van der Waals surface area contributed by atoms with E-state index in [1.165, 1.54) is 10.7 Å². The van der Waals surface area contributed by atoms with Crippen LogP contribution in [-0.2, 0) is 6.54 Å². The van der Waals surface area contributed by atoms with E-state index in [-0.39, 0.29) is 18.0 Å². The molecule has 0 saturated carbocycles. The van der Waals surface area contributed by atoms with E-state index in [1.54, 1.807) is 22.9 Å². The quantitative estimate of drug-likeness (QED) is 0.701. The van der Waals surface area contributed by atoms with Gasteiger partial charge in [0, 0.05) is 43.7 Å². The number of anilines is 1. The normalized spacial score (nSPS) is 10.7. The van der Waals surface area contributed by atoms with Gasteiger partial charge in [-0.05, 0) is 50.2 Å². The molecule has 1 N–H and O–H groups in total. The topological polar surface area (TPSA) is 85.0 Å². The van der Waals surface area contributed by atoms with Crippen LogP contribution in [0.4, 0.5) is 5.69 Å². The Kier molecular flexibility index (Phi) is 5.58. The van der Waals surface area contributed by atoms with Gasteiger partial charge in [0.25, 0.3) is 11.5 Å². The molecule has 0 aliphatic rings. The largest absolute Gasteiger partial charge is 0.378 e. The average molecular weight is 380 g/mol. The van der Waals surface area contributed by atoms with Crippen molar-refractivity contribution in [2.24, 2.45) is 0 Å². The molecule has 2 aromatic heterocycles. The second-order valence-corrected chi connectivity index (χ2v) is 6.79. The summed E-state index contributed by atoms with van der Waals surface area (Å²) in [6.45, 7) is 4.40. The minimum atomic E-state index is -0.227. The van der Waals surface area contributed by atoms with E-state index in [1.807, 2.05) is 51.0 Å². The molecule has 0 aliphatic heterocycles. The molecule has 0 atom stereocenters. The fourth-order valence-corrected chi connectivity index (χ4v) is 2.86. The second kappa shape index (κ2) is 8.08. The Hall–Kier alpha value is -3.42. The summed E-state index contributed by atoms with van der Waals surface area (Å²) in [5, 5.41) is 11.6. The van der Waals surface area contributed by atoms with E-state index in [4.69, 9.17) is 0 Å². The number of aryl methyl sites for hydroxylation is 2. The average Bonchev–Trinajstić information content (AvgIpc) is 3.01. The molecule has 1 amide bonds. The van der Waals surface area contributed by atoms with Crippen molar-refractivity contribution in [3.05, 3.63) is 69.8 Å². The van der Waals surface area contributed by atoms with Crippen molar-refractivity contribution >= 4 is 11.6 Å². The first kappa shape index (κ1) is 19.3. The molecule has 0 radical (unpaired) electrons. The van der Waals surface area contributed by atoms with Crippen LogP contribution < -0.4 is 15.8 Å². The first-order valence-electron chi connectivity index (χ1n) is 9.02. The Morgan fingerprint density at radius 2 is 1.79 bits per heavy atom. The molecular weight excluding hydrogens is 356 g/mol. The van der Waals surface area contributed by atoms with Crippen molar-refractivity contribution in [3.63, 3.8) is 0 Å². The molecule has 28 heavy (non-hydrogen) atoms. The number of carbonyl (C=O) groups excluding carboxylic acids is 1. The van der Waals surface area contributed by atoms with Gasteiger partial charge in [-0.15, -0.1) is 5.10 Å². The van der Waals surface area contributed by atoms with Gasteiger partial charge in [-0.3, -0.25) is 9.59 Å². The van der Waals surface area contributed by atoms with Gasteiger partial charge in [0.1, 0.15) is 0 Å². The molecule has 0 spiro atoms. The number of nitrogens with one attached hydrogen (secondary N) is 1. The van der Waals surface area contributed by atoms with Crippen molar-refractivity contribution < 1.29 is 4.79 Å². The lowest BCUT2D eigenvalue weighted by molar-refractivity contribution is 0.0951. The molecule has 0 aliphatic carbocycles. The molecule has 3 rings (SSSR count). The first-order chi connectivity index (χ1) is 13.3. The zero-order valence-corrected chi connectivity index (χ0v) is 16.5. The number of rotatable bonds is 6. The van der Waals surface area contributed by atoms with Gasteiger partial charge < -0.3 is 10.2 Å². The zero-order valence-electron chi connectivity index (χ0n) is 16.5. The van der Waals surface area contributed by atoms with Crippen LogP contribution in [0.3, 0.4) is 0 Å². The molecular formula is C20H24N6O2. The van der Waals surface area contributed by atoms with Crippen LogP contribution in [0.1, 0.15) is 21.7 Å². The molecule has 1 aromatic carbocycles. The monoisotopic (exact) mass is 380 g/mol. The van der Waals surface area contributed by atoms with Crippen molar-refractivity contribution in [2.75, 3.05) is 25.5 Å². The molecule has 8 heteroatoms. The summed E-state index contributed by atoms with van der Waals surface area (Å²) in [6, 6.07) is 12.4. The highest BCUT2D eigenvalue weighted by atomic mass is 16.2. The summed E-state index contributed by atoms with van der Waals surface area (Å²) in [7, 11) is 3.89. The zero-order chi connectivity index (χ0) is 20.3. The smallest absolute Gasteiger partial charge is 0.266 e. The molecule has 0 bridgehead atoms. The van der Waals surface area contributed by atoms with E-state index in [9.17, 15) is 9.59 Å². The lowest BCUT2D eigenvalue weighted by Crippen LogP contribution is -2.32. The third-order valence-corrected chi connectivity index (χ3v) is 4.33. The Labute approximate surface area is 163 Å². The highest BCUT2D eigenvalue weighted by Crippen LogP contribution is 2.12. The van der Waals surface area contributed by atoms with Crippen LogP contribution in [0.5, 0.6) is 0 Å². The minimum Gasteiger partial charge on any atom is -0.378 e. The van der Waals surface area contributed by atoms with Gasteiger partial charge in [0.2, 0.25) is 0 Å². The Bertz CT molecular complexity index is 1030. The number of benzene rings is 1. The molecule has 8 nitrogen and oxygen atoms in total. The molecule has 0 saturated heterocycles.